The minimum atomic E-state index is -0.968. The lowest BCUT2D eigenvalue weighted by molar-refractivity contribution is -0.141. The fraction of sp³-hybridized carbons (Fsp3) is 0.900. The monoisotopic (exact) mass is 796 g/mol. The molecule has 0 aliphatic heterocycles. The van der Waals surface area contributed by atoms with Crippen LogP contribution in [0.1, 0.15) is 148 Å². The number of rotatable bonds is 31. The third kappa shape index (κ3) is 29.6. The van der Waals surface area contributed by atoms with Crippen molar-refractivity contribution in [1.82, 2.24) is 9.80 Å². The summed E-state index contributed by atoms with van der Waals surface area (Å²) in [6.45, 7) is 27.2. The number of ether oxygens (including phenoxy) is 4. The highest BCUT2D eigenvalue weighted by molar-refractivity contribution is 6.11. The van der Waals surface area contributed by atoms with Gasteiger partial charge in [-0.2, -0.15) is 0 Å². The number of nitrogens with zero attached hydrogens (tertiary/aromatic N) is 2. The molecule has 0 heterocycles. The molecule has 11 nitrogen and oxygen atoms in total. The molecule has 0 atom stereocenters. The lowest BCUT2D eigenvalue weighted by Crippen LogP contribution is -2.53. The molecule has 0 amide bonds. The minimum Gasteiger partial charge on any atom is -0.396 e. The Morgan fingerprint density at radius 3 is 0.772 bits per heavy atom. The number of hydrogen-bond donors (Lipinski definition) is 1. The van der Waals surface area contributed by atoms with Gasteiger partial charge in [-0.25, -0.2) is 0 Å². The lowest BCUT2D eigenvalue weighted by atomic mass is 9.94. The van der Waals surface area contributed by atoms with Crippen LogP contribution in [0.4, 0.5) is 0 Å². The molecule has 17 radical (unpaired) electrons. The predicted molar refractivity (Wildman–Crippen MR) is 239 cm³/mol. The van der Waals surface area contributed by atoms with Crippen LogP contribution >= 0.6 is 0 Å². The van der Waals surface area contributed by atoms with Crippen LogP contribution in [-0.4, -0.2) is 176 Å². The summed E-state index contributed by atoms with van der Waals surface area (Å²) in [5.41, 5.74) is -3.87. The molecule has 0 aromatic carbocycles. The zero-order valence-electron chi connectivity index (χ0n) is 38.4. The van der Waals surface area contributed by atoms with Crippen molar-refractivity contribution in [3.63, 3.8) is 0 Å². The zero-order valence-corrected chi connectivity index (χ0v) is 38.4. The molecule has 17 heteroatoms. The molecule has 0 aromatic heterocycles. The van der Waals surface area contributed by atoms with Crippen molar-refractivity contribution >= 4 is 73.0 Å². The Bertz CT molecular complexity index is 888. The average Bonchev–Trinajstić information content (AvgIpc) is 3.10. The summed E-state index contributed by atoms with van der Waals surface area (Å²) < 4.78 is 23.3. The van der Waals surface area contributed by atoms with E-state index in [2.05, 4.69) is 0 Å². The summed E-state index contributed by atoms with van der Waals surface area (Å²) >= 11 is 0. The molecule has 0 bridgehead atoms. The summed E-state index contributed by atoms with van der Waals surface area (Å²) in [7, 11) is 6.95. The zero-order chi connectivity index (χ0) is 40.6. The van der Waals surface area contributed by atoms with Gasteiger partial charge in [0.1, 0.15) is 30.3 Å². The maximum Gasteiger partial charge on any atom is 0.165 e. The number of carbonyl (C=O) groups is 4. The van der Waals surface area contributed by atoms with Crippen molar-refractivity contribution < 1.29 is 43.2 Å². The second-order valence-corrected chi connectivity index (χ2v) is 15.3. The number of ketones is 4. The standard InChI is InChI=1S/C37H69BN2O8.C3H8O.5B/c1-13-25-45-34(5,6)29(41)17-21-39(22-18-30(42)35(7,8)46-26-14-2)33(38)40(23-19-31(43)36(9,10)47-27-15-3)24-20-32(44)37(11,12)48-28-16-4;1-2-3-4;;;;;/h33H,13-28H2,1-12H3;4H,2-3H2,1H3;;;;;. The van der Waals surface area contributed by atoms with Gasteiger partial charge in [0.2, 0.25) is 0 Å². The normalized spacial score (nSPS) is 11.6. The number of aliphatic hydroxyl groups is 1. The number of aliphatic hydroxyl groups excluding tert-OH is 1. The number of carbonyl (C=O) groups excluding carboxylic acids is 4. The Hall–Kier alpha value is -1.21. The maximum absolute atomic E-state index is 13.3. The fourth-order valence-corrected chi connectivity index (χ4v) is 4.92. The smallest absolute Gasteiger partial charge is 0.165 e. The Labute approximate surface area is 360 Å². The highest BCUT2D eigenvalue weighted by Crippen LogP contribution is 2.21. The van der Waals surface area contributed by atoms with E-state index in [0.29, 0.717) is 33.0 Å². The van der Waals surface area contributed by atoms with Gasteiger partial charge in [0, 0.05) is 133 Å². The Morgan fingerprint density at radius 1 is 0.456 bits per heavy atom. The molecule has 57 heavy (non-hydrogen) atoms. The van der Waals surface area contributed by atoms with Crippen LogP contribution < -0.4 is 0 Å². The van der Waals surface area contributed by atoms with E-state index >= 15 is 0 Å². The first-order valence-electron chi connectivity index (χ1n) is 19.7. The second kappa shape index (κ2) is 36.6. The molecule has 0 aliphatic carbocycles. The molecule has 1 N–H and O–H groups in total. The maximum atomic E-state index is 13.3. The fourth-order valence-electron chi connectivity index (χ4n) is 4.92. The van der Waals surface area contributed by atoms with Crippen LogP contribution in [0.5, 0.6) is 0 Å². The molecule has 0 saturated heterocycles. The van der Waals surface area contributed by atoms with Crippen molar-refractivity contribution in [3.05, 3.63) is 0 Å². The topological polar surface area (TPSA) is 132 Å². The van der Waals surface area contributed by atoms with E-state index in [1.807, 2.05) is 44.4 Å². The lowest BCUT2D eigenvalue weighted by Gasteiger charge is -2.39. The molecule has 0 spiro atoms. The molecule has 0 fully saturated rings. The summed E-state index contributed by atoms with van der Waals surface area (Å²) in [5.74, 6) is -0.305. The second-order valence-electron chi connectivity index (χ2n) is 15.3. The van der Waals surface area contributed by atoms with Gasteiger partial charge in [-0.15, -0.1) is 0 Å². The van der Waals surface area contributed by atoms with Crippen molar-refractivity contribution in [3.8, 4) is 0 Å². The van der Waals surface area contributed by atoms with Gasteiger partial charge in [0.05, 0.1) is 0 Å². The van der Waals surface area contributed by atoms with Crippen LogP contribution in [0.15, 0.2) is 0 Å². The first kappa shape index (κ1) is 70.4. The summed E-state index contributed by atoms with van der Waals surface area (Å²) in [4.78, 5) is 57.0. The largest absolute Gasteiger partial charge is 0.396 e. The predicted octanol–water partition coefficient (Wildman–Crippen LogP) is 4.18. The van der Waals surface area contributed by atoms with E-state index in [0.717, 1.165) is 32.1 Å². The van der Waals surface area contributed by atoms with Gasteiger partial charge in [0.25, 0.3) is 0 Å². The van der Waals surface area contributed by atoms with Gasteiger partial charge in [0.15, 0.2) is 23.1 Å². The van der Waals surface area contributed by atoms with E-state index < -0.39 is 28.5 Å². The number of Topliss-reactive ketones (excluding diaryl/α,β-unsaturated/α-hetero) is 4. The van der Waals surface area contributed by atoms with Gasteiger partial charge < -0.3 is 24.1 Å². The summed E-state index contributed by atoms with van der Waals surface area (Å²) in [6, 6.07) is -0.787. The first-order chi connectivity index (χ1) is 24.1. The molecule has 0 aliphatic rings. The van der Waals surface area contributed by atoms with Crippen LogP contribution in [0.3, 0.4) is 0 Å². The van der Waals surface area contributed by atoms with Crippen molar-refractivity contribution in [2.75, 3.05) is 59.2 Å². The van der Waals surface area contributed by atoms with Crippen LogP contribution in [0, 0.1) is 0 Å². The van der Waals surface area contributed by atoms with E-state index in [9.17, 15) is 19.2 Å². The van der Waals surface area contributed by atoms with Crippen LogP contribution in [-0.2, 0) is 38.1 Å². The van der Waals surface area contributed by atoms with E-state index in [1.165, 1.54) is 0 Å². The number of hydrogen-bond acceptors (Lipinski definition) is 11. The molecule has 0 aromatic rings. The van der Waals surface area contributed by atoms with Gasteiger partial charge in [-0.3, -0.25) is 29.0 Å². The molecular weight excluding hydrogens is 717 g/mol. The van der Waals surface area contributed by atoms with E-state index in [-0.39, 0.29) is 117 Å². The first-order valence-corrected chi connectivity index (χ1v) is 19.7. The molecule has 0 unspecified atom stereocenters. The Morgan fingerprint density at radius 2 is 0.632 bits per heavy atom. The van der Waals surface area contributed by atoms with Crippen molar-refractivity contribution in [2.45, 2.75) is 176 Å². The molecule has 0 rings (SSSR count). The third-order valence-corrected chi connectivity index (χ3v) is 8.83. The Balaban J connectivity index is -0.000000528. The average molecular weight is 795 g/mol. The van der Waals surface area contributed by atoms with Gasteiger partial charge in [-0.05, 0) is 87.5 Å². The third-order valence-electron chi connectivity index (χ3n) is 8.83. The quantitative estimate of drug-likeness (QED) is 0.0802. The van der Waals surface area contributed by atoms with Crippen molar-refractivity contribution in [2.24, 2.45) is 0 Å². The van der Waals surface area contributed by atoms with E-state index in [1.54, 1.807) is 55.4 Å². The highest BCUT2D eigenvalue weighted by atomic mass is 16.5. The van der Waals surface area contributed by atoms with Crippen LogP contribution in [0.25, 0.3) is 0 Å². The van der Waals surface area contributed by atoms with Crippen LogP contribution in [0.2, 0.25) is 0 Å². The van der Waals surface area contributed by atoms with Gasteiger partial charge >= 0.3 is 0 Å². The minimum absolute atomic E-state index is 0. The van der Waals surface area contributed by atoms with E-state index in [4.69, 9.17) is 31.9 Å². The molecule has 319 valence electrons. The Kier molecular flexibility index (Phi) is 45.2. The van der Waals surface area contributed by atoms with Crippen molar-refractivity contribution in [1.29, 1.82) is 0 Å². The summed E-state index contributed by atoms with van der Waals surface area (Å²) in [5, 5.41) is 7.88. The molecule has 0 saturated carbocycles. The summed E-state index contributed by atoms with van der Waals surface area (Å²) in [6.07, 6.45) is 4.63. The highest BCUT2D eigenvalue weighted by Gasteiger charge is 2.34. The SMILES string of the molecule is CCCO.[B].[B].[B].[B].[B].[B]C(N(CCC(=O)C(C)(C)OCCC)CCC(=O)C(C)(C)OCCC)N(CCC(=O)C(C)(C)OCCC)CCC(=O)C(C)(C)OCCC. The van der Waals surface area contributed by atoms with Gasteiger partial charge in [-0.1, -0.05) is 34.6 Å². The molecular formula is C40H77B6N2O9.